The van der Waals surface area contributed by atoms with Crippen molar-refractivity contribution >= 4 is 24.0 Å². The predicted molar refractivity (Wildman–Crippen MR) is 102 cm³/mol. The van der Waals surface area contributed by atoms with Gasteiger partial charge in [0.2, 0.25) is 11.8 Å². The monoisotopic (exact) mass is 393 g/mol. The van der Waals surface area contributed by atoms with Gasteiger partial charge in [-0.05, 0) is 25.6 Å². The van der Waals surface area contributed by atoms with Gasteiger partial charge in [0.15, 0.2) is 0 Å². The van der Waals surface area contributed by atoms with Crippen molar-refractivity contribution in [3.8, 4) is 5.75 Å². The summed E-state index contributed by atoms with van der Waals surface area (Å²) in [6.07, 6.45) is -0.0415. The number of piperidine rings is 1. The van der Waals surface area contributed by atoms with Gasteiger partial charge in [-0.15, -0.1) is 0 Å². The maximum absolute atomic E-state index is 12.7. The summed E-state index contributed by atoms with van der Waals surface area (Å²) in [7, 11) is 3.53. The molecule has 2 atom stereocenters. The second kappa shape index (κ2) is 10.0. The van der Waals surface area contributed by atoms with Crippen LogP contribution in [0.4, 0.5) is 5.69 Å². The highest BCUT2D eigenvalue weighted by molar-refractivity contribution is 5.98. The Morgan fingerprint density at radius 1 is 1.29 bits per heavy atom. The smallest absolute Gasteiger partial charge is 0.290 e. The molecule has 28 heavy (non-hydrogen) atoms. The van der Waals surface area contributed by atoms with Crippen LogP contribution >= 0.6 is 0 Å². The average molecular weight is 393 g/mol. The fraction of sp³-hybridized carbons (Fsp3) is 0.526. The first-order chi connectivity index (χ1) is 13.4. The number of aliphatic hydroxyl groups excluding tert-OH is 1. The lowest BCUT2D eigenvalue weighted by Gasteiger charge is -2.39. The van der Waals surface area contributed by atoms with Gasteiger partial charge in [-0.25, -0.2) is 0 Å². The Labute approximate surface area is 164 Å². The van der Waals surface area contributed by atoms with Gasteiger partial charge in [0.1, 0.15) is 12.3 Å². The van der Waals surface area contributed by atoms with E-state index in [0.29, 0.717) is 31.8 Å². The Morgan fingerprint density at radius 3 is 2.64 bits per heavy atom. The van der Waals surface area contributed by atoms with Gasteiger partial charge < -0.3 is 29.6 Å². The highest BCUT2D eigenvalue weighted by atomic mass is 16.5. The van der Waals surface area contributed by atoms with Crippen molar-refractivity contribution in [2.75, 3.05) is 51.8 Å². The van der Waals surface area contributed by atoms with Crippen molar-refractivity contribution in [3.63, 3.8) is 0 Å². The number of benzene rings is 1. The van der Waals surface area contributed by atoms with E-state index in [1.54, 1.807) is 16.9 Å². The first-order valence-electron chi connectivity index (χ1n) is 9.09. The zero-order chi connectivity index (χ0) is 20.7. The molecule has 0 aliphatic carbocycles. The van der Waals surface area contributed by atoms with Gasteiger partial charge in [-0.1, -0.05) is 6.07 Å². The number of piperazine rings is 1. The van der Waals surface area contributed by atoms with E-state index in [1.165, 1.54) is 0 Å². The number of carbonyl (C=O) groups excluding carboxylic acids is 2. The van der Waals surface area contributed by atoms with Crippen molar-refractivity contribution in [2.24, 2.45) is 5.92 Å². The van der Waals surface area contributed by atoms with Gasteiger partial charge in [-0.2, -0.15) is 0 Å². The van der Waals surface area contributed by atoms with E-state index >= 15 is 0 Å². The van der Waals surface area contributed by atoms with Crippen LogP contribution in [0, 0.1) is 5.92 Å². The Hall–Kier alpha value is -2.65. The molecule has 0 radical (unpaired) electrons. The number of carboxylic acid groups (broad SMARTS) is 1. The number of aliphatic hydroxyl groups is 1. The fourth-order valence-electron chi connectivity index (χ4n) is 3.49. The van der Waals surface area contributed by atoms with Crippen LogP contribution in [0.15, 0.2) is 24.3 Å². The molecule has 3 rings (SSSR count). The maximum atomic E-state index is 12.7. The van der Waals surface area contributed by atoms with E-state index in [9.17, 15) is 14.7 Å². The molecule has 2 heterocycles. The number of hydrogen-bond donors (Lipinski definition) is 2. The molecule has 2 amide bonds. The summed E-state index contributed by atoms with van der Waals surface area (Å²) in [4.78, 5) is 39.0. The van der Waals surface area contributed by atoms with Crippen LogP contribution in [0.3, 0.4) is 0 Å². The van der Waals surface area contributed by atoms with Gasteiger partial charge >= 0.3 is 0 Å². The zero-order valence-corrected chi connectivity index (χ0v) is 16.2. The van der Waals surface area contributed by atoms with Crippen molar-refractivity contribution in [2.45, 2.75) is 12.5 Å². The molecule has 2 saturated heterocycles. The first kappa shape index (κ1) is 21.6. The summed E-state index contributed by atoms with van der Waals surface area (Å²) < 4.78 is 5.21. The Balaban J connectivity index is 0.000000878. The minimum Gasteiger partial charge on any atom is -0.497 e. The lowest BCUT2D eigenvalue weighted by Crippen LogP contribution is -2.57. The van der Waals surface area contributed by atoms with Crippen molar-refractivity contribution in [1.29, 1.82) is 0 Å². The molecule has 9 heteroatoms. The molecule has 0 aromatic heterocycles. The van der Waals surface area contributed by atoms with Crippen molar-refractivity contribution in [3.05, 3.63) is 24.3 Å². The number of carbonyl (C=O) groups is 3. The maximum Gasteiger partial charge on any atom is 0.290 e. The molecule has 0 saturated carbocycles. The Bertz CT molecular complexity index is 698. The van der Waals surface area contributed by atoms with Crippen LogP contribution in [0.1, 0.15) is 6.42 Å². The van der Waals surface area contributed by atoms with Crippen LogP contribution in [0.5, 0.6) is 5.75 Å². The van der Waals surface area contributed by atoms with E-state index in [-0.39, 0.29) is 24.8 Å². The number of methoxy groups -OCH3 is 1. The van der Waals surface area contributed by atoms with E-state index < -0.39 is 12.0 Å². The van der Waals surface area contributed by atoms with E-state index in [0.717, 1.165) is 12.2 Å². The standard InChI is InChI=1S/C18H25N3O4.CH2O2/c1-19-7-6-16(22)15(11-19)18(24)20-8-9-21(17(23)12-20)13-4-3-5-14(10-13)25-2;2-1-3/h3-5,10,15-16,22H,6-9,11-12H2,1-2H3;1H,(H,2,3)/t15-,16+;/m1./s1. The number of rotatable bonds is 3. The fourth-order valence-corrected chi connectivity index (χ4v) is 3.49. The van der Waals surface area contributed by atoms with E-state index in [4.69, 9.17) is 14.6 Å². The highest BCUT2D eigenvalue weighted by Crippen LogP contribution is 2.24. The first-order valence-corrected chi connectivity index (χ1v) is 9.09. The van der Waals surface area contributed by atoms with Crippen LogP contribution < -0.4 is 9.64 Å². The number of nitrogens with zero attached hydrogens (tertiary/aromatic N) is 3. The summed E-state index contributed by atoms with van der Waals surface area (Å²) in [6, 6.07) is 7.34. The molecule has 2 fully saturated rings. The minimum absolute atomic E-state index is 0.0446. The molecule has 1 aromatic carbocycles. The molecule has 1 aromatic rings. The highest BCUT2D eigenvalue weighted by Gasteiger charge is 2.37. The number of hydrogen-bond acceptors (Lipinski definition) is 6. The van der Waals surface area contributed by atoms with Crippen molar-refractivity contribution in [1.82, 2.24) is 9.80 Å². The van der Waals surface area contributed by atoms with Crippen LogP contribution in [0.2, 0.25) is 0 Å². The summed E-state index contributed by atoms with van der Waals surface area (Å²) in [5, 5.41) is 17.0. The van der Waals surface area contributed by atoms with Crippen LogP contribution in [-0.2, 0) is 14.4 Å². The third-order valence-electron chi connectivity index (χ3n) is 4.99. The average Bonchev–Trinajstić information content (AvgIpc) is 2.70. The second-order valence-corrected chi connectivity index (χ2v) is 6.84. The van der Waals surface area contributed by atoms with Gasteiger partial charge in [0.25, 0.3) is 6.47 Å². The number of amides is 2. The van der Waals surface area contributed by atoms with Gasteiger partial charge in [0.05, 0.1) is 19.1 Å². The number of likely N-dealkylation sites (tertiary alicyclic amines) is 1. The molecule has 9 nitrogen and oxygen atoms in total. The molecule has 2 aliphatic heterocycles. The second-order valence-electron chi connectivity index (χ2n) is 6.84. The zero-order valence-electron chi connectivity index (χ0n) is 16.2. The summed E-state index contributed by atoms with van der Waals surface area (Å²) >= 11 is 0. The normalized spacial score (nSPS) is 22.9. The molecule has 0 bridgehead atoms. The molecule has 0 spiro atoms. The van der Waals surface area contributed by atoms with Crippen LogP contribution in [-0.4, -0.2) is 91.3 Å². The number of ether oxygens (including phenoxy) is 1. The number of anilines is 1. The van der Waals surface area contributed by atoms with Gasteiger partial charge in [0, 0.05) is 37.9 Å². The largest absolute Gasteiger partial charge is 0.497 e. The van der Waals surface area contributed by atoms with E-state index in [1.807, 2.05) is 36.2 Å². The van der Waals surface area contributed by atoms with E-state index in [2.05, 4.69) is 0 Å². The lowest BCUT2D eigenvalue weighted by atomic mass is 9.93. The summed E-state index contributed by atoms with van der Waals surface area (Å²) in [6.45, 7) is 2.02. The quantitative estimate of drug-likeness (QED) is 0.689. The summed E-state index contributed by atoms with van der Waals surface area (Å²) in [5.41, 5.74) is 0.772. The Morgan fingerprint density at radius 2 is 2.00 bits per heavy atom. The minimum atomic E-state index is -0.629. The summed E-state index contributed by atoms with van der Waals surface area (Å²) in [5.74, 6) is -0.00344. The molecular formula is C19H27N3O6. The third kappa shape index (κ3) is 5.20. The predicted octanol–water partition coefficient (Wildman–Crippen LogP) is -0.116. The Kier molecular flexibility index (Phi) is 7.77. The SMILES string of the molecule is COc1cccc(N2CCN(C(=O)[C@@H]3CN(C)CC[C@@H]3O)CC2=O)c1.O=CO. The third-order valence-corrected chi connectivity index (χ3v) is 4.99. The topological polar surface area (TPSA) is 111 Å². The molecule has 2 N–H and O–H groups in total. The van der Waals surface area contributed by atoms with Crippen molar-refractivity contribution < 1.29 is 29.3 Å². The van der Waals surface area contributed by atoms with Crippen LogP contribution in [0.25, 0.3) is 0 Å². The lowest BCUT2D eigenvalue weighted by molar-refractivity contribution is -0.145. The molecular weight excluding hydrogens is 366 g/mol. The molecule has 154 valence electrons. The van der Waals surface area contributed by atoms with Gasteiger partial charge in [-0.3, -0.25) is 14.4 Å². The molecule has 0 unspecified atom stereocenters. The molecule has 2 aliphatic rings.